The smallest absolute Gasteiger partial charge is 0.178 e. The molecule has 3 saturated carbocycles. The molecule has 148 valence electrons. The zero-order valence-electron chi connectivity index (χ0n) is 16.2. The number of hydrogen-bond acceptors (Lipinski definition) is 4. The Balaban J connectivity index is 1.77. The van der Waals surface area contributed by atoms with Crippen molar-refractivity contribution in [3.63, 3.8) is 0 Å². The maximum absolute atomic E-state index is 15.2. The highest BCUT2D eigenvalue weighted by Gasteiger charge is 2.65. The summed E-state index contributed by atoms with van der Waals surface area (Å²) in [5.74, 6) is -0.626. The first-order valence-electron chi connectivity index (χ1n) is 10.0. The van der Waals surface area contributed by atoms with Crippen LogP contribution in [0.2, 0.25) is 0 Å². The third-order valence-electron chi connectivity index (χ3n) is 8.32. The molecule has 4 nitrogen and oxygen atoms in total. The van der Waals surface area contributed by atoms with Gasteiger partial charge in [-0.3, -0.25) is 9.59 Å². The number of halogens is 1. The lowest BCUT2D eigenvalue weighted by Crippen LogP contribution is -2.58. The standard InChI is InChI=1S/C22H29FO4/c1-11-6-14-13-8-16(23)15-7-12(25)4-5-21(15,2)20(13)17(26)9-22(14,3)19(11)18(27)10-24/h4-5,7,11,13-14,16-17,19-20,24,26H,6,8-10H2,1-3H3/t11-,13+,14+,16+,17+,19-,20?,21+,22+/m1/s1. The molecule has 27 heavy (non-hydrogen) atoms. The van der Waals surface area contributed by atoms with Gasteiger partial charge in [-0.25, -0.2) is 4.39 Å². The molecule has 1 unspecified atom stereocenters. The number of carbonyl (C=O) groups is 2. The number of carbonyl (C=O) groups excluding carboxylic acids is 2. The Kier molecular flexibility index (Phi) is 4.28. The molecule has 4 aliphatic rings. The largest absolute Gasteiger partial charge is 0.393 e. The number of alkyl halides is 1. The van der Waals surface area contributed by atoms with Crippen molar-refractivity contribution >= 4 is 11.6 Å². The highest BCUT2D eigenvalue weighted by atomic mass is 19.1. The van der Waals surface area contributed by atoms with Gasteiger partial charge in [-0.2, -0.15) is 0 Å². The van der Waals surface area contributed by atoms with E-state index in [9.17, 15) is 19.8 Å². The number of aliphatic hydroxyl groups is 2. The summed E-state index contributed by atoms with van der Waals surface area (Å²) in [6, 6.07) is 0. The van der Waals surface area contributed by atoms with Gasteiger partial charge in [-0.1, -0.05) is 26.8 Å². The minimum atomic E-state index is -1.21. The fourth-order valence-electron chi connectivity index (χ4n) is 7.49. The zero-order valence-corrected chi connectivity index (χ0v) is 16.2. The summed E-state index contributed by atoms with van der Waals surface area (Å²) in [6.45, 7) is 5.53. The van der Waals surface area contributed by atoms with Gasteiger partial charge in [0, 0.05) is 17.3 Å². The van der Waals surface area contributed by atoms with Gasteiger partial charge < -0.3 is 10.2 Å². The average molecular weight is 376 g/mol. The lowest BCUT2D eigenvalue weighted by Gasteiger charge is -2.59. The zero-order chi connectivity index (χ0) is 19.7. The molecule has 0 spiro atoms. The van der Waals surface area contributed by atoms with Gasteiger partial charge in [-0.15, -0.1) is 0 Å². The summed E-state index contributed by atoms with van der Waals surface area (Å²) in [7, 11) is 0. The number of aliphatic hydroxyl groups excluding tert-OH is 2. The Labute approximate surface area is 159 Å². The van der Waals surface area contributed by atoms with Crippen molar-refractivity contribution in [2.45, 2.75) is 52.3 Å². The molecule has 0 aromatic carbocycles. The highest BCUT2D eigenvalue weighted by Crippen LogP contribution is 2.67. The molecular formula is C22H29FO4. The second kappa shape index (κ2) is 6.08. The van der Waals surface area contributed by atoms with Crippen LogP contribution in [0, 0.1) is 40.4 Å². The van der Waals surface area contributed by atoms with E-state index in [-0.39, 0.29) is 47.6 Å². The molecule has 9 atom stereocenters. The number of ketones is 2. The Morgan fingerprint density at radius 2 is 2.04 bits per heavy atom. The van der Waals surface area contributed by atoms with Crippen LogP contribution >= 0.6 is 0 Å². The van der Waals surface area contributed by atoms with Crippen molar-refractivity contribution in [2.24, 2.45) is 40.4 Å². The monoisotopic (exact) mass is 376 g/mol. The van der Waals surface area contributed by atoms with Crippen molar-refractivity contribution in [2.75, 3.05) is 6.61 Å². The molecule has 0 radical (unpaired) electrons. The van der Waals surface area contributed by atoms with Crippen molar-refractivity contribution in [1.82, 2.24) is 0 Å². The quantitative estimate of drug-likeness (QED) is 0.777. The van der Waals surface area contributed by atoms with Gasteiger partial charge in [0.15, 0.2) is 11.6 Å². The van der Waals surface area contributed by atoms with Crippen LogP contribution in [-0.2, 0) is 9.59 Å². The van der Waals surface area contributed by atoms with Crippen LogP contribution in [0.3, 0.4) is 0 Å². The molecule has 0 amide bonds. The molecule has 4 rings (SSSR count). The van der Waals surface area contributed by atoms with Crippen LogP contribution in [0.15, 0.2) is 23.8 Å². The number of hydrogen-bond donors (Lipinski definition) is 2. The summed E-state index contributed by atoms with van der Waals surface area (Å²) in [5, 5.41) is 20.6. The van der Waals surface area contributed by atoms with E-state index in [2.05, 4.69) is 0 Å². The van der Waals surface area contributed by atoms with Crippen LogP contribution in [0.25, 0.3) is 0 Å². The molecule has 0 aromatic rings. The van der Waals surface area contributed by atoms with Gasteiger partial charge in [0.2, 0.25) is 0 Å². The molecule has 0 heterocycles. The molecule has 0 saturated heterocycles. The van der Waals surface area contributed by atoms with Crippen LogP contribution in [0.4, 0.5) is 4.39 Å². The van der Waals surface area contributed by atoms with Crippen LogP contribution < -0.4 is 0 Å². The topological polar surface area (TPSA) is 74.6 Å². The number of fused-ring (bicyclic) bond motifs is 5. The Morgan fingerprint density at radius 3 is 2.70 bits per heavy atom. The maximum atomic E-state index is 15.2. The van der Waals surface area contributed by atoms with Crippen LogP contribution in [0.1, 0.15) is 40.0 Å². The molecule has 5 heteroatoms. The van der Waals surface area contributed by atoms with Crippen molar-refractivity contribution in [1.29, 1.82) is 0 Å². The van der Waals surface area contributed by atoms with Gasteiger partial charge in [0.1, 0.15) is 12.8 Å². The Morgan fingerprint density at radius 1 is 1.33 bits per heavy atom. The van der Waals surface area contributed by atoms with Gasteiger partial charge in [0.25, 0.3) is 0 Å². The fourth-order valence-corrected chi connectivity index (χ4v) is 7.49. The lowest BCUT2D eigenvalue weighted by atomic mass is 9.46. The van der Waals surface area contributed by atoms with E-state index < -0.39 is 29.7 Å². The first kappa shape index (κ1) is 19.0. The minimum Gasteiger partial charge on any atom is -0.393 e. The van der Waals surface area contributed by atoms with Crippen molar-refractivity contribution in [3.05, 3.63) is 23.8 Å². The minimum absolute atomic E-state index is 0.0484. The van der Waals surface area contributed by atoms with E-state index in [4.69, 9.17) is 0 Å². The van der Waals surface area contributed by atoms with Crippen LogP contribution in [0.5, 0.6) is 0 Å². The fraction of sp³-hybridized carbons (Fsp3) is 0.727. The Bertz CT molecular complexity index is 743. The van der Waals surface area contributed by atoms with Crippen molar-refractivity contribution < 1.29 is 24.2 Å². The van der Waals surface area contributed by atoms with Gasteiger partial charge in [-0.05, 0) is 60.2 Å². The molecular weight excluding hydrogens is 347 g/mol. The maximum Gasteiger partial charge on any atom is 0.178 e. The Hall–Kier alpha value is -1.33. The average Bonchev–Trinajstić information content (AvgIpc) is 2.85. The van der Waals surface area contributed by atoms with Gasteiger partial charge in [0.05, 0.1) is 6.10 Å². The second-order valence-electron chi connectivity index (χ2n) is 9.71. The predicted molar refractivity (Wildman–Crippen MR) is 98.4 cm³/mol. The highest BCUT2D eigenvalue weighted by molar-refractivity contribution is 6.01. The van der Waals surface area contributed by atoms with E-state index in [1.807, 2.05) is 20.8 Å². The van der Waals surface area contributed by atoms with E-state index in [1.165, 1.54) is 12.2 Å². The van der Waals surface area contributed by atoms with Crippen molar-refractivity contribution in [3.8, 4) is 0 Å². The molecule has 2 N–H and O–H groups in total. The molecule has 3 fully saturated rings. The summed E-state index contributed by atoms with van der Waals surface area (Å²) < 4.78 is 15.2. The third-order valence-corrected chi connectivity index (χ3v) is 8.32. The van der Waals surface area contributed by atoms with E-state index >= 15 is 4.39 Å². The third kappa shape index (κ3) is 2.47. The first-order chi connectivity index (χ1) is 12.6. The lowest BCUT2D eigenvalue weighted by molar-refractivity contribution is -0.144. The van der Waals surface area contributed by atoms with Crippen LogP contribution in [-0.4, -0.2) is 40.7 Å². The summed E-state index contributed by atoms with van der Waals surface area (Å²) in [4.78, 5) is 24.3. The van der Waals surface area contributed by atoms with E-state index in [1.54, 1.807) is 6.08 Å². The molecule has 0 aliphatic heterocycles. The molecule has 0 aromatic heterocycles. The normalized spacial score (nSPS) is 51.3. The first-order valence-corrected chi connectivity index (χ1v) is 10.0. The number of allylic oxidation sites excluding steroid dienone is 4. The molecule has 4 aliphatic carbocycles. The molecule has 0 bridgehead atoms. The van der Waals surface area contributed by atoms with Gasteiger partial charge >= 0.3 is 0 Å². The predicted octanol–water partition coefficient (Wildman–Crippen LogP) is 2.64. The summed E-state index contributed by atoms with van der Waals surface area (Å²) in [6.07, 6.45) is 4.39. The van der Waals surface area contributed by atoms with E-state index in [0.29, 0.717) is 12.0 Å². The van der Waals surface area contributed by atoms with E-state index in [0.717, 1.165) is 6.42 Å². The summed E-state index contributed by atoms with van der Waals surface area (Å²) in [5.41, 5.74) is -0.599. The second-order valence-corrected chi connectivity index (χ2v) is 9.71. The summed E-state index contributed by atoms with van der Waals surface area (Å²) >= 11 is 0. The SMILES string of the molecule is C[C@@H]1C[C@H]2[C@@H]3C[C@H](F)C4=CC(=O)C=C[C@]4(C)C3[C@@H](O)C[C@]2(C)[C@H]1C(=O)CO. The number of Topliss-reactive ketones (excluding diaryl/α,β-unsaturated/α-hetero) is 1. The number of rotatable bonds is 2.